The molecule has 5 rings (SSSR count). The Morgan fingerprint density at radius 2 is 1.76 bits per heavy atom. The molecule has 4 fully saturated rings. The summed E-state index contributed by atoms with van der Waals surface area (Å²) in [5.74, 6) is 2.64. The molecule has 112 valence electrons. The number of ketones is 1. The van der Waals surface area contributed by atoms with Gasteiger partial charge in [-0.25, -0.2) is 0 Å². The summed E-state index contributed by atoms with van der Waals surface area (Å²) in [5, 5.41) is 11.2. The summed E-state index contributed by atoms with van der Waals surface area (Å²) in [5.41, 5.74) is 1.57. The van der Waals surface area contributed by atoms with Crippen LogP contribution in [0.5, 0.6) is 0 Å². The van der Waals surface area contributed by atoms with Gasteiger partial charge in [-0.1, -0.05) is 31.2 Å². The fourth-order valence-corrected chi connectivity index (χ4v) is 5.66. The van der Waals surface area contributed by atoms with Gasteiger partial charge in [0, 0.05) is 17.9 Å². The summed E-state index contributed by atoms with van der Waals surface area (Å²) in [6, 6.07) is 8.09. The van der Waals surface area contributed by atoms with Gasteiger partial charge in [0.2, 0.25) is 0 Å². The Kier molecular flexibility index (Phi) is 3.01. The van der Waals surface area contributed by atoms with Gasteiger partial charge in [-0.3, -0.25) is 4.79 Å². The second-order valence-corrected chi connectivity index (χ2v) is 7.59. The lowest BCUT2D eigenvalue weighted by Gasteiger charge is -2.59. The molecule has 4 aliphatic rings. The van der Waals surface area contributed by atoms with Gasteiger partial charge in [0.15, 0.2) is 5.78 Å². The van der Waals surface area contributed by atoms with Crippen molar-refractivity contribution in [3.05, 3.63) is 35.4 Å². The number of rotatable bonds is 3. The van der Waals surface area contributed by atoms with Crippen LogP contribution in [0.2, 0.25) is 0 Å². The van der Waals surface area contributed by atoms with Gasteiger partial charge in [-0.2, -0.15) is 0 Å². The minimum Gasteiger partial charge on any atom is -0.389 e. The van der Waals surface area contributed by atoms with Gasteiger partial charge < -0.3 is 5.11 Å². The van der Waals surface area contributed by atoms with Crippen LogP contribution in [-0.4, -0.2) is 16.5 Å². The highest BCUT2D eigenvalue weighted by Gasteiger charge is 2.56. The maximum Gasteiger partial charge on any atom is 0.162 e. The van der Waals surface area contributed by atoms with Gasteiger partial charge in [0.1, 0.15) is 0 Å². The average Bonchev–Trinajstić information content (AvgIpc) is 2.45. The fourth-order valence-electron chi connectivity index (χ4n) is 5.66. The number of carbonyl (C=O) groups is 1. The van der Waals surface area contributed by atoms with Crippen molar-refractivity contribution in [1.29, 1.82) is 0 Å². The SMILES string of the molecule is CCC(=O)c1ccc(C2C3CC4CC(C3)CC2(O)C4)cc1. The average molecular weight is 284 g/mol. The van der Waals surface area contributed by atoms with Crippen molar-refractivity contribution in [2.45, 2.75) is 57.0 Å². The molecular formula is C19H24O2. The zero-order valence-electron chi connectivity index (χ0n) is 12.7. The van der Waals surface area contributed by atoms with E-state index >= 15 is 0 Å². The van der Waals surface area contributed by atoms with Crippen molar-refractivity contribution >= 4 is 5.78 Å². The van der Waals surface area contributed by atoms with E-state index in [0.717, 1.165) is 30.2 Å². The molecule has 0 heterocycles. The summed E-state index contributed by atoms with van der Waals surface area (Å²) in [7, 11) is 0. The van der Waals surface area contributed by atoms with Crippen molar-refractivity contribution < 1.29 is 9.90 Å². The summed E-state index contributed by atoms with van der Waals surface area (Å²) < 4.78 is 0. The lowest BCUT2D eigenvalue weighted by Crippen LogP contribution is -2.55. The maximum atomic E-state index is 11.8. The molecule has 0 aromatic heterocycles. The van der Waals surface area contributed by atoms with Crippen LogP contribution < -0.4 is 0 Å². The van der Waals surface area contributed by atoms with E-state index in [9.17, 15) is 9.90 Å². The van der Waals surface area contributed by atoms with E-state index < -0.39 is 5.60 Å². The van der Waals surface area contributed by atoms with E-state index in [-0.39, 0.29) is 11.7 Å². The summed E-state index contributed by atoms with van der Waals surface area (Å²) in [4.78, 5) is 11.8. The summed E-state index contributed by atoms with van der Waals surface area (Å²) in [6.07, 6.45) is 6.45. The molecular weight excluding hydrogens is 260 g/mol. The Labute approximate surface area is 126 Å². The summed E-state index contributed by atoms with van der Waals surface area (Å²) in [6.45, 7) is 1.90. The number of Topliss-reactive ketones (excluding diaryl/α,β-unsaturated/α-hetero) is 1. The molecule has 4 bridgehead atoms. The topological polar surface area (TPSA) is 37.3 Å². The van der Waals surface area contributed by atoms with E-state index in [4.69, 9.17) is 0 Å². The molecule has 0 aliphatic heterocycles. The van der Waals surface area contributed by atoms with Crippen LogP contribution >= 0.6 is 0 Å². The minimum absolute atomic E-state index is 0.199. The van der Waals surface area contributed by atoms with E-state index in [1.807, 2.05) is 19.1 Å². The highest BCUT2D eigenvalue weighted by molar-refractivity contribution is 5.95. The Morgan fingerprint density at radius 1 is 1.14 bits per heavy atom. The Bertz CT molecular complexity index is 545. The van der Waals surface area contributed by atoms with Crippen molar-refractivity contribution in [3.8, 4) is 0 Å². The molecule has 3 unspecified atom stereocenters. The Balaban J connectivity index is 1.65. The maximum absolute atomic E-state index is 11.8. The van der Waals surface area contributed by atoms with Gasteiger partial charge in [-0.15, -0.1) is 0 Å². The molecule has 3 atom stereocenters. The Morgan fingerprint density at radius 3 is 2.29 bits per heavy atom. The lowest BCUT2D eigenvalue weighted by atomic mass is 9.48. The number of hydrogen-bond acceptors (Lipinski definition) is 2. The van der Waals surface area contributed by atoms with E-state index in [1.54, 1.807) is 0 Å². The predicted molar refractivity (Wildman–Crippen MR) is 82.3 cm³/mol. The van der Waals surface area contributed by atoms with Crippen LogP contribution in [0.3, 0.4) is 0 Å². The first-order valence-corrected chi connectivity index (χ1v) is 8.44. The van der Waals surface area contributed by atoms with Gasteiger partial charge in [0.05, 0.1) is 5.60 Å². The Hall–Kier alpha value is -1.15. The molecule has 2 heteroatoms. The van der Waals surface area contributed by atoms with Crippen molar-refractivity contribution in [2.24, 2.45) is 17.8 Å². The predicted octanol–water partition coefficient (Wildman–Crippen LogP) is 3.93. The molecule has 0 amide bonds. The molecule has 1 aromatic rings. The standard InChI is InChI=1S/C19H24O2/c1-2-17(20)14-3-5-15(6-4-14)18-16-8-12-7-13(9-16)11-19(18,21)10-12/h3-6,12-13,16,18,21H,2,7-11H2,1H3. The third kappa shape index (κ3) is 2.07. The molecule has 0 radical (unpaired) electrons. The third-order valence-corrected chi connectivity index (χ3v) is 6.19. The van der Waals surface area contributed by atoms with Gasteiger partial charge in [0.25, 0.3) is 0 Å². The van der Waals surface area contributed by atoms with Crippen LogP contribution in [0, 0.1) is 17.8 Å². The third-order valence-electron chi connectivity index (χ3n) is 6.19. The first-order chi connectivity index (χ1) is 10.1. The molecule has 1 N–H and O–H groups in total. The van der Waals surface area contributed by atoms with Crippen molar-refractivity contribution in [2.75, 3.05) is 0 Å². The normalized spacial score (nSPS) is 40.5. The van der Waals surface area contributed by atoms with Crippen molar-refractivity contribution in [3.63, 3.8) is 0 Å². The molecule has 2 nitrogen and oxygen atoms in total. The molecule has 0 spiro atoms. The largest absolute Gasteiger partial charge is 0.389 e. The molecule has 4 saturated carbocycles. The quantitative estimate of drug-likeness (QED) is 0.854. The van der Waals surface area contributed by atoms with E-state index in [0.29, 0.717) is 12.3 Å². The monoisotopic (exact) mass is 284 g/mol. The lowest BCUT2D eigenvalue weighted by molar-refractivity contribution is -0.143. The molecule has 21 heavy (non-hydrogen) atoms. The minimum atomic E-state index is -0.481. The van der Waals surface area contributed by atoms with Crippen molar-refractivity contribution in [1.82, 2.24) is 0 Å². The van der Waals surface area contributed by atoms with E-state index in [2.05, 4.69) is 12.1 Å². The number of aliphatic hydroxyl groups is 1. The highest BCUT2D eigenvalue weighted by Crippen LogP contribution is 2.61. The number of benzene rings is 1. The van der Waals surface area contributed by atoms with Crippen LogP contribution in [0.4, 0.5) is 0 Å². The fraction of sp³-hybridized carbons (Fsp3) is 0.632. The molecule has 1 aromatic carbocycles. The molecule has 0 saturated heterocycles. The second kappa shape index (κ2) is 4.67. The van der Waals surface area contributed by atoms with Crippen LogP contribution in [0.1, 0.15) is 67.3 Å². The van der Waals surface area contributed by atoms with Gasteiger partial charge >= 0.3 is 0 Å². The number of hydrogen-bond donors (Lipinski definition) is 1. The first kappa shape index (κ1) is 13.5. The smallest absolute Gasteiger partial charge is 0.162 e. The van der Waals surface area contributed by atoms with Gasteiger partial charge in [-0.05, 0) is 55.4 Å². The zero-order chi connectivity index (χ0) is 14.6. The zero-order valence-corrected chi connectivity index (χ0v) is 12.7. The summed E-state index contributed by atoms with van der Waals surface area (Å²) >= 11 is 0. The van der Waals surface area contributed by atoms with E-state index in [1.165, 1.54) is 24.8 Å². The first-order valence-electron chi connectivity index (χ1n) is 8.44. The van der Waals surface area contributed by atoms with Crippen LogP contribution in [0.25, 0.3) is 0 Å². The highest BCUT2D eigenvalue weighted by atomic mass is 16.3. The van der Waals surface area contributed by atoms with Crippen LogP contribution in [-0.2, 0) is 0 Å². The number of carbonyl (C=O) groups excluding carboxylic acids is 1. The second-order valence-electron chi connectivity index (χ2n) is 7.59. The van der Waals surface area contributed by atoms with Crippen LogP contribution in [0.15, 0.2) is 24.3 Å². The molecule has 4 aliphatic carbocycles.